The molecule has 2 aromatic heterocycles. The van der Waals surface area contributed by atoms with Gasteiger partial charge in [0.25, 0.3) is 0 Å². The van der Waals surface area contributed by atoms with Gasteiger partial charge in [-0.25, -0.2) is 0 Å². The first-order valence-electron chi connectivity index (χ1n) is 9.29. The highest BCUT2D eigenvalue weighted by molar-refractivity contribution is 5.94. The van der Waals surface area contributed by atoms with Crippen LogP contribution in [0.4, 0.5) is 5.69 Å². The monoisotopic (exact) mass is 369 g/mol. The summed E-state index contributed by atoms with van der Waals surface area (Å²) in [6.07, 6.45) is 8.31. The fourth-order valence-corrected chi connectivity index (χ4v) is 3.09. The van der Waals surface area contributed by atoms with Crippen molar-refractivity contribution in [1.82, 2.24) is 25.4 Å². The molecule has 0 aliphatic heterocycles. The minimum absolute atomic E-state index is 0.133. The van der Waals surface area contributed by atoms with E-state index in [1.165, 1.54) is 5.56 Å². The van der Waals surface area contributed by atoms with Gasteiger partial charge in [0, 0.05) is 37.9 Å². The highest BCUT2D eigenvalue weighted by Gasteiger charge is 2.23. The summed E-state index contributed by atoms with van der Waals surface area (Å²) in [7, 11) is 1.70. The predicted octanol–water partition coefficient (Wildman–Crippen LogP) is 1.52. The van der Waals surface area contributed by atoms with Crippen LogP contribution in [0.3, 0.4) is 0 Å². The predicted molar refractivity (Wildman–Crippen MR) is 106 cm³/mol. The van der Waals surface area contributed by atoms with Crippen molar-refractivity contribution < 1.29 is 4.79 Å². The number of amides is 1. The van der Waals surface area contributed by atoms with Gasteiger partial charge in [0.05, 0.1) is 24.1 Å². The van der Waals surface area contributed by atoms with Crippen molar-refractivity contribution in [3.05, 3.63) is 42.0 Å². The maximum atomic E-state index is 12.1. The van der Waals surface area contributed by atoms with Gasteiger partial charge in [0.2, 0.25) is 5.91 Å². The molecule has 0 saturated carbocycles. The number of carbonyl (C=O) groups excluding carboxylic acids is 1. The Morgan fingerprint density at radius 1 is 1.44 bits per heavy atom. The van der Waals surface area contributed by atoms with Gasteiger partial charge < -0.3 is 16.0 Å². The van der Waals surface area contributed by atoms with Crippen LogP contribution in [0.1, 0.15) is 37.6 Å². The van der Waals surface area contributed by atoms with Gasteiger partial charge in [0.1, 0.15) is 0 Å². The van der Waals surface area contributed by atoms with Crippen molar-refractivity contribution in [2.45, 2.75) is 45.2 Å². The third-order valence-electron chi connectivity index (χ3n) is 4.55. The average molecular weight is 369 g/mol. The topological polar surface area (TPSA) is 96.2 Å². The average Bonchev–Trinajstić information content (AvgIpc) is 3.09. The second-order valence-corrected chi connectivity index (χ2v) is 6.97. The molecule has 8 heteroatoms. The van der Waals surface area contributed by atoms with E-state index in [-0.39, 0.29) is 18.5 Å². The van der Waals surface area contributed by atoms with Gasteiger partial charge in [-0.05, 0) is 44.4 Å². The molecule has 0 saturated heterocycles. The second-order valence-electron chi connectivity index (χ2n) is 6.97. The molecule has 0 fully saturated rings. The zero-order chi connectivity index (χ0) is 19.2. The molecule has 2 aromatic rings. The van der Waals surface area contributed by atoms with Crippen LogP contribution in [-0.2, 0) is 17.6 Å². The summed E-state index contributed by atoms with van der Waals surface area (Å²) in [5, 5.41) is 14.0. The molecule has 2 heterocycles. The lowest BCUT2D eigenvalue weighted by Gasteiger charge is -2.24. The van der Waals surface area contributed by atoms with Crippen molar-refractivity contribution in [3.8, 4) is 0 Å². The molecule has 3 N–H and O–H groups in total. The van der Waals surface area contributed by atoms with Crippen LogP contribution in [0.5, 0.6) is 0 Å². The summed E-state index contributed by atoms with van der Waals surface area (Å²) >= 11 is 0. The van der Waals surface area contributed by atoms with Crippen LogP contribution >= 0.6 is 0 Å². The highest BCUT2D eigenvalue weighted by atomic mass is 16.1. The van der Waals surface area contributed by atoms with Crippen molar-refractivity contribution in [2.24, 2.45) is 4.99 Å². The number of nitrogens with one attached hydrogen (secondary N) is 3. The smallest absolute Gasteiger partial charge is 0.243 e. The largest absolute Gasteiger partial charge is 0.353 e. The maximum absolute atomic E-state index is 12.1. The number of aliphatic imine (C=N–C) groups is 1. The quantitative estimate of drug-likeness (QED) is 0.549. The van der Waals surface area contributed by atoms with Crippen molar-refractivity contribution in [2.75, 3.05) is 18.9 Å². The number of anilines is 1. The Morgan fingerprint density at radius 2 is 2.30 bits per heavy atom. The summed E-state index contributed by atoms with van der Waals surface area (Å²) in [6, 6.07) is 4.20. The molecule has 0 aromatic carbocycles. The Balaban J connectivity index is 1.49. The molecule has 27 heavy (non-hydrogen) atoms. The number of aryl methyl sites for hydroxylation is 1. The fraction of sp³-hybridized carbons (Fsp3) is 0.474. The van der Waals surface area contributed by atoms with Crippen LogP contribution in [0.2, 0.25) is 0 Å². The summed E-state index contributed by atoms with van der Waals surface area (Å²) in [5.41, 5.74) is 3.16. The lowest BCUT2D eigenvalue weighted by molar-refractivity contribution is -0.115. The third-order valence-corrected chi connectivity index (χ3v) is 4.55. The third kappa shape index (κ3) is 5.06. The summed E-state index contributed by atoms with van der Waals surface area (Å²) in [6.45, 7) is 4.40. The molecule has 1 aliphatic rings. The molecule has 1 aliphatic carbocycles. The van der Waals surface area contributed by atoms with Crippen molar-refractivity contribution >= 4 is 17.6 Å². The van der Waals surface area contributed by atoms with Gasteiger partial charge in [-0.15, -0.1) is 0 Å². The molecule has 144 valence electrons. The number of hydrogen-bond donors (Lipinski definition) is 3. The van der Waals surface area contributed by atoms with Crippen molar-refractivity contribution in [1.29, 1.82) is 0 Å². The van der Waals surface area contributed by atoms with Gasteiger partial charge in [-0.3, -0.25) is 19.5 Å². The number of nitrogens with zero attached hydrogens (tertiary/aromatic N) is 4. The van der Waals surface area contributed by atoms with E-state index in [2.05, 4.69) is 46.0 Å². The van der Waals surface area contributed by atoms with Gasteiger partial charge in [0.15, 0.2) is 5.96 Å². The fourth-order valence-electron chi connectivity index (χ4n) is 3.09. The molecule has 3 rings (SSSR count). The lowest BCUT2D eigenvalue weighted by atomic mass is 9.94. The zero-order valence-corrected chi connectivity index (χ0v) is 16.1. The van der Waals surface area contributed by atoms with E-state index in [4.69, 9.17) is 5.10 Å². The maximum Gasteiger partial charge on any atom is 0.243 e. The van der Waals surface area contributed by atoms with Crippen LogP contribution in [0.25, 0.3) is 0 Å². The summed E-state index contributed by atoms with van der Waals surface area (Å²) in [4.78, 5) is 20.3. The number of guanidine groups is 1. The first-order chi connectivity index (χ1) is 13.0. The molecule has 0 bridgehead atoms. The number of fused-ring (bicyclic) bond motifs is 1. The molecule has 1 amide bonds. The second kappa shape index (κ2) is 8.66. The first-order valence-corrected chi connectivity index (χ1v) is 9.29. The van der Waals surface area contributed by atoms with Crippen LogP contribution in [-0.4, -0.2) is 46.3 Å². The first kappa shape index (κ1) is 18.9. The van der Waals surface area contributed by atoms with Gasteiger partial charge in [-0.2, -0.15) is 5.10 Å². The Hall–Kier alpha value is -2.90. The standard InChI is InChI=1S/C19H27N7O/c1-13(2)26-12-14-6-7-15(9-17(14)25-26)24-19(20-3)22-11-18(27)23-16-5-4-8-21-10-16/h4-5,8,10,12-13,15H,6-7,9,11H2,1-3H3,(H,23,27)(H2,20,22,24). The normalized spacial score (nSPS) is 16.7. The van der Waals surface area contributed by atoms with E-state index >= 15 is 0 Å². The van der Waals surface area contributed by atoms with Crippen LogP contribution < -0.4 is 16.0 Å². The molecule has 0 radical (unpaired) electrons. The Bertz CT molecular complexity index is 798. The van der Waals surface area contributed by atoms with E-state index in [0.29, 0.717) is 17.7 Å². The Kier molecular flexibility index (Phi) is 6.05. The minimum atomic E-state index is -0.146. The molecule has 1 unspecified atom stereocenters. The van der Waals surface area contributed by atoms with E-state index < -0.39 is 0 Å². The zero-order valence-electron chi connectivity index (χ0n) is 16.1. The SMILES string of the molecule is CN=C(NCC(=O)Nc1cccnc1)NC1CCc2cn(C(C)C)nc2C1. The van der Waals surface area contributed by atoms with Gasteiger partial charge in [-0.1, -0.05) is 0 Å². The number of aromatic nitrogens is 3. The summed E-state index contributed by atoms with van der Waals surface area (Å²) < 4.78 is 2.03. The van der Waals surface area contributed by atoms with E-state index in [1.54, 1.807) is 31.6 Å². The molecule has 8 nitrogen and oxygen atoms in total. The number of carbonyl (C=O) groups is 1. The molecule has 0 spiro atoms. The van der Waals surface area contributed by atoms with E-state index in [0.717, 1.165) is 25.0 Å². The van der Waals surface area contributed by atoms with Crippen LogP contribution in [0.15, 0.2) is 35.7 Å². The van der Waals surface area contributed by atoms with Crippen molar-refractivity contribution in [3.63, 3.8) is 0 Å². The van der Waals surface area contributed by atoms with Gasteiger partial charge >= 0.3 is 0 Å². The lowest BCUT2D eigenvalue weighted by Crippen LogP contribution is -2.47. The Labute approximate surface area is 159 Å². The van der Waals surface area contributed by atoms with E-state index in [1.807, 2.05) is 4.68 Å². The minimum Gasteiger partial charge on any atom is -0.353 e. The summed E-state index contributed by atoms with van der Waals surface area (Å²) in [5.74, 6) is 0.473. The molecule has 1 atom stereocenters. The molecular weight excluding hydrogens is 342 g/mol. The Morgan fingerprint density at radius 3 is 3.00 bits per heavy atom. The molecular formula is C19H27N7O. The number of rotatable bonds is 5. The highest BCUT2D eigenvalue weighted by Crippen LogP contribution is 2.21. The van der Waals surface area contributed by atoms with E-state index in [9.17, 15) is 4.79 Å². The number of hydrogen-bond acceptors (Lipinski definition) is 4. The van der Waals surface area contributed by atoms with Crippen LogP contribution in [0, 0.1) is 0 Å². The number of pyridine rings is 1.